The molecule has 0 fully saturated rings. The van der Waals surface area contributed by atoms with Crippen molar-refractivity contribution in [3.8, 4) is 11.5 Å². The molecular weight excluding hydrogens is 279 g/mol. The van der Waals surface area contributed by atoms with E-state index in [9.17, 15) is 9.18 Å². The van der Waals surface area contributed by atoms with Crippen LogP contribution in [0.25, 0.3) is 0 Å². The smallest absolute Gasteiger partial charge is 0.311 e. The van der Waals surface area contributed by atoms with Gasteiger partial charge in [0.05, 0.1) is 11.1 Å². The fourth-order valence-corrected chi connectivity index (χ4v) is 1.38. The largest absolute Gasteiger partial charge is 0.487 e. The molecule has 0 radical (unpaired) electrons. The first kappa shape index (κ1) is 13.0. The highest BCUT2D eigenvalue weighted by Crippen LogP contribution is 2.35. The quantitative estimate of drug-likeness (QED) is 0.630. The molecule has 0 amide bonds. The predicted octanol–water partition coefficient (Wildman–Crippen LogP) is 3.30. The number of hydrogen-bond donors (Lipinski definition) is 0. The van der Waals surface area contributed by atoms with E-state index in [1.807, 2.05) is 0 Å². The number of benzene rings is 1. The van der Waals surface area contributed by atoms with Crippen LogP contribution in [0.1, 0.15) is 20.3 Å². The summed E-state index contributed by atoms with van der Waals surface area (Å²) < 4.78 is 24.0. The maximum Gasteiger partial charge on any atom is 0.311 e. The van der Waals surface area contributed by atoms with E-state index >= 15 is 0 Å². The standard InChI is InChI=1S/C11H12BrFO3/c1-3-9(14)16-8-6-5-7(12)10(13)11(8)15-4-2/h5-6H,3-4H2,1-2H3. The maximum atomic E-state index is 13.6. The number of carbonyl (C=O) groups is 1. The molecule has 0 aromatic heterocycles. The van der Waals surface area contributed by atoms with Crippen molar-refractivity contribution in [1.29, 1.82) is 0 Å². The van der Waals surface area contributed by atoms with Crippen molar-refractivity contribution in [3.05, 3.63) is 22.4 Å². The van der Waals surface area contributed by atoms with Crippen molar-refractivity contribution < 1.29 is 18.7 Å². The van der Waals surface area contributed by atoms with Crippen molar-refractivity contribution in [2.45, 2.75) is 20.3 Å². The molecule has 1 aromatic rings. The Labute approximate surface area is 102 Å². The van der Waals surface area contributed by atoms with Crippen molar-refractivity contribution in [1.82, 2.24) is 0 Å². The van der Waals surface area contributed by atoms with Gasteiger partial charge in [-0.05, 0) is 35.0 Å². The highest BCUT2D eigenvalue weighted by atomic mass is 79.9. The van der Waals surface area contributed by atoms with E-state index in [4.69, 9.17) is 9.47 Å². The number of ether oxygens (including phenoxy) is 2. The molecule has 0 aliphatic heterocycles. The second-order valence-electron chi connectivity index (χ2n) is 2.95. The van der Waals surface area contributed by atoms with Crippen molar-refractivity contribution in [2.75, 3.05) is 6.61 Å². The predicted molar refractivity (Wildman–Crippen MR) is 61.2 cm³/mol. The lowest BCUT2D eigenvalue weighted by Gasteiger charge is -2.11. The lowest BCUT2D eigenvalue weighted by Crippen LogP contribution is -2.08. The van der Waals surface area contributed by atoms with Crippen molar-refractivity contribution in [3.63, 3.8) is 0 Å². The third-order valence-electron chi connectivity index (χ3n) is 1.82. The molecule has 3 nitrogen and oxygen atoms in total. The van der Waals surface area contributed by atoms with Gasteiger partial charge in [-0.25, -0.2) is 4.39 Å². The van der Waals surface area contributed by atoms with Crippen molar-refractivity contribution >= 4 is 21.9 Å². The van der Waals surface area contributed by atoms with Gasteiger partial charge >= 0.3 is 5.97 Å². The Kier molecular flexibility index (Phi) is 4.73. The summed E-state index contributed by atoms with van der Waals surface area (Å²) >= 11 is 3.04. The molecule has 0 atom stereocenters. The molecule has 1 aromatic carbocycles. The van der Waals surface area contributed by atoms with Crippen molar-refractivity contribution in [2.24, 2.45) is 0 Å². The van der Waals surface area contributed by atoms with E-state index in [1.54, 1.807) is 13.8 Å². The molecule has 16 heavy (non-hydrogen) atoms. The first-order chi connectivity index (χ1) is 7.60. The second kappa shape index (κ2) is 5.84. The number of halogens is 2. The molecule has 5 heteroatoms. The Morgan fingerprint density at radius 3 is 2.69 bits per heavy atom. The van der Waals surface area contributed by atoms with Gasteiger partial charge in [-0.3, -0.25) is 4.79 Å². The van der Waals surface area contributed by atoms with Gasteiger partial charge in [0, 0.05) is 6.42 Å². The van der Waals surface area contributed by atoms with Gasteiger partial charge in [-0.2, -0.15) is 0 Å². The Bertz CT molecular complexity index is 393. The number of carbonyl (C=O) groups excluding carboxylic acids is 1. The van der Waals surface area contributed by atoms with Crippen LogP contribution in [0.15, 0.2) is 16.6 Å². The van der Waals surface area contributed by atoms with Gasteiger partial charge in [-0.1, -0.05) is 6.92 Å². The normalized spacial score (nSPS) is 10.0. The van der Waals surface area contributed by atoms with Crippen LogP contribution < -0.4 is 9.47 Å². The van der Waals surface area contributed by atoms with Gasteiger partial charge in [0.1, 0.15) is 0 Å². The summed E-state index contributed by atoms with van der Waals surface area (Å²) in [6.45, 7) is 3.69. The zero-order valence-corrected chi connectivity index (χ0v) is 10.6. The summed E-state index contributed by atoms with van der Waals surface area (Å²) in [5.74, 6) is -0.931. The summed E-state index contributed by atoms with van der Waals surface area (Å²) in [7, 11) is 0. The molecule has 0 saturated heterocycles. The second-order valence-corrected chi connectivity index (χ2v) is 3.80. The Morgan fingerprint density at radius 1 is 1.44 bits per heavy atom. The van der Waals surface area contributed by atoms with E-state index < -0.39 is 11.8 Å². The van der Waals surface area contributed by atoms with Crippen LogP contribution in [0.5, 0.6) is 11.5 Å². The van der Waals surface area contributed by atoms with Crippen LogP contribution in [0.3, 0.4) is 0 Å². The van der Waals surface area contributed by atoms with Crippen LogP contribution in [0, 0.1) is 5.82 Å². The lowest BCUT2D eigenvalue weighted by molar-refractivity contribution is -0.134. The van der Waals surface area contributed by atoms with Gasteiger partial charge in [0.25, 0.3) is 0 Å². The minimum absolute atomic E-state index is 0.0429. The summed E-state index contributed by atoms with van der Waals surface area (Å²) in [6, 6.07) is 2.96. The van der Waals surface area contributed by atoms with Gasteiger partial charge in [0.15, 0.2) is 17.3 Å². The van der Waals surface area contributed by atoms with Crippen LogP contribution >= 0.6 is 15.9 Å². The van der Waals surface area contributed by atoms with E-state index in [1.165, 1.54) is 12.1 Å². The molecule has 1 rings (SSSR count). The first-order valence-electron chi connectivity index (χ1n) is 4.91. The molecule has 0 heterocycles. The summed E-state index contributed by atoms with van der Waals surface area (Å²) in [5, 5.41) is 0. The molecular formula is C11H12BrFO3. The first-order valence-corrected chi connectivity index (χ1v) is 5.70. The molecule has 88 valence electrons. The number of esters is 1. The number of hydrogen-bond acceptors (Lipinski definition) is 3. The average molecular weight is 291 g/mol. The highest BCUT2D eigenvalue weighted by molar-refractivity contribution is 9.10. The van der Waals surface area contributed by atoms with Gasteiger partial charge in [-0.15, -0.1) is 0 Å². The van der Waals surface area contributed by atoms with Crippen LogP contribution in [0.2, 0.25) is 0 Å². The molecule has 0 spiro atoms. The third kappa shape index (κ3) is 2.95. The summed E-state index contributed by atoms with van der Waals surface area (Å²) in [4.78, 5) is 11.1. The molecule has 0 aliphatic carbocycles. The van der Waals surface area contributed by atoms with Crippen LogP contribution in [0.4, 0.5) is 4.39 Å². The van der Waals surface area contributed by atoms with E-state index in [0.29, 0.717) is 6.61 Å². The SMILES string of the molecule is CCOc1c(OC(=O)CC)ccc(Br)c1F. The maximum absolute atomic E-state index is 13.6. The Morgan fingerprint density at radius 2 is 2.12 bits per heavy atom. The van der Waals surface area contributed by atoms with E-state index in [2.05, 4.69) is 15.9 Å². The monoisotopic (exact) mass is 290 g/mol. The molecule has 0 saturated carbocycles. The highest BCUT2D eigenvalue weighted by Gasteiger charge is 2.16. The lowest BCUT2D eigenvalue weighted by atomic mass is 10.3. The van der Waals surface area contributed by atoms with Crippen LogP contribution in [-0.2, 0) is 4.79 Å². The van der Waals surface area contributed by atoms with E-state index in [0.717, 1.165) is 0 Å². The minimum atomic E-state index is -0.566. The number of rotatable bonds is 4. The zero-order chi connectivity index (χ0) is 12.1. The Balaban J connectivity index is 3.07. The zero-order valence-electron chi connectivity index (χ0n) is 9.05. The molecule has 0 N–H and O–H groups in total. The minimum Gasteiger partial charge on any atom is -0.487 e. The topological polar surface area (TPSA) is 35.5 Å². The third-order valence-corrected chi connectivity index (χ3v) is 2.43. The van der Waals surface area contributed by atoms with Gasteiger partial charge < -0.3 is 9.47 Å². The molecule has 0 aliphatic rings. The van der Waals surface area contributed by atoms with E-state index in [-0.39, 0.29) is 22.4 Å². The molecule has 0 bridgehead atoms. The van der Waals surface area contributed by atoms with Crippen LogP contribution in [-0.4, -0.2) is 12.6 Å². The van der Waals surface area contributed by atoms with Gasteiger partial charge in [0.2, 0.25) is 0 Å². The average Bonchev–Trinajstić information content (AvgIpc) is 2.28. The molecule has 0 unspecified atom stereocenters. The fourth-order valence-electron chi connectivity index (χ4n) is 1.07. The fraction of sp³-hybridized carbons (Fsp3) is 0.364. The summed E-state index contributed by atoms with van der Waals surface area (Å²) in [5.41, 5.74) is 0. The summed E-state index contributed by atoms with van der Waals surface area (Å²) in [6.07, 6.45) is 0.225. The Hall–Kier alpha value is -1.10.